The molecule has 30 heavy (non-hydrogen) atoms. The maximum absolute atomic E-state index is 12.4. The molecule has 1 aromatic carbocycles. The summed E-state index contributed by atoms with van der Waals surface area (Å²) in [6.07, 6.45) is 3.30. The predicted molar refractivity (Wildman–Crippen MR) is 120 cm³/mol. The van der Waals surface area contributed by atoms with Gasteiger partial charge in [-0.25, -0.2) is 9.59 Å². The Balaban J connectivity index is 2.13. The number of hydrogen-bond donors (Lipinski definition) is 0. The average molecular weight is 437 g/mol. The first-order chi connectivity index (χ1) is 14.1. The Bertz CT molecular complexity index is 788. The van der Waals surface area contributed by atoms with E-state index in [1.54, 1.807) is 37.1 Å². The van der Waals surface area contributed by atoms with Crippen molar-refractivity contribution in [3.63, 3.8) is 0 Å². The number of hydrogen-bond acceptors (Lipinski definition) is 5. The zero-order valence-electron chi connectivity index (χ0n) is 18.7. The molecule has 0 aromatic heterocycles. The molecule has 1 saturated heterocycles. The summed E-state index contributed by atoms with van der Waals surface area (Å²) >= 11 is 6.53. The quantitative estimate of drug-likeness (QED) is 0.588. The van der Waals surface area contributed by atoms with Crippen LogP contribution in [0.2, 0.25) is 5.02 Å². The fourth-order valence-electron chi connectivity index (χ4n) is 3.54. The van der Waals surface area contributed by atoms with Crippen molar-refractivity contribution in [2.45, 2.75) is 58.7 Å². The largest absolute Gasteiger partial charge is 0.462 e. The van der Waals surface area contributed by atoms with Gasteiger partial charge in [0.25, 0.3) is 0 Å². The number of ether oxygens (including phenoxy) is 2. The van der Waals surface area contributed by atoms with Gasteiger partial charge in [-0.3, -0.25) is 4.90 Å². The minimum absolute atomic E-state index is 0.0679. The van der Waals surface area contributed by atoms with Gasteiger partial charge >= 0.3 is 12.1 Å². The van der Waals surface area contributed by atoms with Gasteiger partial charge in [-0.1, -0.05) is 24.3 Å². The smallest absolute Gasteiger partial charge is 0.410 e. The third-order valence-electron chi connectivity index (χ3n) is 5.05. The third kappa shape index (κ3) is 6.47. The number of likely N-dealkylation sites (tertiary alicyclic amines) is 1. The van der Waals surface area contributed by atoms with Crippen molar-refractivity contribution in [1.29, 1.82) is 0 Å². The molecule has 1 heterocycles. The molecule has 1 aromatic rings. The van der Waals surface area contributed by atoms with Crippen LogP contribution in [0.1, 0.15) is 62.0 Å². The number of piperidine rings is 1. The van der Waals surface area contributed by atoms with Gasteiger partial charge in [0.1, 0.15) is 5.60 Å². The molecule has 0 N–H and O–H groups in total. The molecule has 1 fully saturated rings. The molecule has 6 nitrogen and oxygen atoms in total. The summed E-state index contributed by atoms with van der Waals surface area (Å²) in [4.78, 5) is 28.5. The van der Waals surface area contributed by atoms with Crippen molar-refractivity contribution >= 4 is 29.7 Å². The van der Waals surface area contributed by atoms with Crippen LogP contribution in [-0.4, -0.2) is 60.2 Å². The Morgan fingerprint density at radius 2 is 2.07 bits per heavy atom. The van der Waals surface area contributed by atoms with Crippen LogP contribution >= 0.6 is 11.6 Å². The van der Waals surface area contributed by atoms with Crippen LogP contribution < -0.4 is 0 Å². The van der Waals surface area contributed by atoms with E-state index in [1.807, 2.05) is 20.8 Å². The van der Waals surface area contributed by atoms with Crippen LogP contribution in [0.5, 0.6) is 0 Å². The fourth-order valence-corrected chi connectivity index (χ4v) is 3.82. The van der Waals surface area contributed by atoms with E-state index in [0.717, 1.165) is 37.1 Å². The van der Waals surface area contributed by atoms with Crippen LogP contribution in [0.25, 0.3) is 6.08 Å². The molecular weight excluding hydrogens is 404 g/mol. The second-order valence-electron chi connectivity index (χ2n) is 8.57. The molecule has 1 aliphatic rings. The Morgan fingerprint density at radius 1 is 1.37 bits per heavy atom. The molecular formula is C23H33ClN2O4. The molecule has 0 unspecified atom stereocenters. The minimum Gasteiger partial charge on any atom is -0.462 e. The average Bonchev–Trinajstić information content (AvgIpc) is 2.67. The summed E-state index contributed by atoms with van der Waals surface area (Å²) < 4.78 is 10.6. The number of amides is 1. The highest BCUT2D eigenvalue weighted by Crippen LogP contribution is 2.28. The Labute approximate surface area is 184 Å². The van der Waals surface area contributed by atoms with E-state index < -0.39 is 11.6 Å². The molecule has 7 heteroatoms. The number of nitrogens with zero attached hydrogens (tertiary/aromatic N) is 2. The lowest BCUT2D eigenvalue weighted by atomic mass is 10.00. The first kappa shape index (κ1) is 24.2. The molecule has 1 amide bonds. The molecule has 0 spiro atoms. The first-order valence-electron chi connectivity index (χ1n) is 10.4. The Hall–Kier alpha value is -2.05. The molecule has 0 radical (unpaired) electrons. The summed E-state index contributed by atoms with van der Waals surface area (Å²) in [6, 6.07) is 3.48. The number of esters is 1. The number of carbonyl (C=O) groups excluding carboxylic acids is 2. The number of halogens is 1. The van der Waals surface area contributed by atoms with Crippen LogP contribution in [0.15, 0.2) is 18.7 Å². The maximum atomic E-state index is 12.4. The lowest BCUT2D eigenvalue weighted by molar-refractivity contribution is 0.0129. The number of carbonyl (C=O) groups is 2. The number of rotatable bonds is 6. The van der Waals surface area contributed by atoms with Gasteiger partial charge in [0.2, 0.25) is 0 Å². The normalized spacial score (nSPS) is 17.3. The number of benzene rings is 1. The van der Waals surface area contributed by atoms with Crippen LogP contribution in [0, 0.1) is 0 Å². The molecule has 0 bridgehead atoms. The monoisotopic (exact) mass is 436 g/mol. The number of likely N-dealkylation sites (N-methyl/N-ethyl adjacent to an activating group) is 1. The highest BCUT2D eigenvalue weighted by atomic mass is 35.5. The lowest BCUT2D eigenvalue weighted by Crippen LogP contribution is -2.49. The van der Waals surface area contributed by atoms with Crippen molar-refractivity contribution in [2.24, 2.45) is 0 Å². The molecule has 1 atom stereocenters. The van der Waals surface area contributed by atoms with E-state index in [1.165, 1.54) is 0 Å². The maximum Gasteiger partial charge on any atom is 0.410 e. The van der Waals surface area contributed by atoms with E-state index in [0.29, 0.717) is 23.7 Å². The van der Waals surface area contributed by atoms with E-state index >= 15 is 0 Å². The first-order valence-corrected chi connectivity index (χ1v) is 10.7. The second-order valence-corrected chi connectivity index (χ2v) is 8.98. The van der Waals surface area contributed by atoms with Gasteiger partial charge in [-0.05, 0) is 70.3 Å². The van der Waals surface area contributed by atoms with Crippen LogP contribution in [0.3, 0.4) is 0 Å². The summed E-state index contributed by atoms with van der Waals surface area (Å²) in [7, 11) is 1.79. The molecule has 0 saturated carbocycles. The van der Waals surface area contributed by atoms with Crippen molar-refractivity contribution < 1.29 is 19.1 Å². The zero-order chi connectivity index (χ0) is 22.5. The third-order valence-corrected chi connectivity index (χ3v) is 5.39. The van der Waals surface area contributed by atoms with Gasteiger partial charge in [-0.2, -0.15) is 0 Å². The van der Waals surface area contributed by atoms with E-state index in [-0.39, 0.29) is 12.1 Å². The minimum atomic E-state index is -0.521. The van der Waals surface area contributed by atoms with E-state index in [4.69, 9.17) is 21.1 Å². The Kier molecular flexibility index (Phi) is 8.33. The van der Waals surface area contributed by atoms with E-state index in [2.05, 4.69) is 11.5 Å². The van der Waals surface area contributed by atoms with Gasteiger partial charge in [0.05, 0.1) is 12.2 Å². The highest BCUT2D eigenvalue weighted by molar-refractivity contribution is 6.32. The summed E-state index contributed by atoms with van der Waals surface area (Å²) in [6.45, 7) is 13.8. The topological polar surface area (TPSA) is 59.1 Å². The van der Waals surface area contributed by atoms with Crippen molar-refractivity contribution in [3.8, 4) is 0 Å². The van der Waals surface area contributed by atoms with Gasteiger partial charge in [-0.15, -0.1) is 0 Å². The molecule has 166 valence electrons. The lowest BCUT2D eigenvalue weighted by Gasteiger charge is -2.38. The summed E-state index contributed by atoms with van der Waals surface area (Å²) in [5.41, 5.74) is 1.63. The zero-order valence-corrected chi connectivity index (χ0v) is 19.4. The highest BCUT2D eigenvalue weighted by Gasteiger charge is 2.29. The Morgan fingerprint density at radius 3 is 2.67 bits per heavy atom. The second kappa shape index (κ2) is 10.3. The SMILES string of the molecule is C=Cc1cc(C(=O)OCC)cc(Cl)c1CN1CCC[C@H](N(C)C(=O)OC(C)(C)C)C1. The summed E-state index contributed by atoms with van der Waals surface area (Å²) in [5.74, 6) is -0.397. The molecule has 0 aliphatic carbocycles. The van der Waals surface area contributed by atoms with Crippen molar-refractivity contribution in [2.75, 3.05) is 26.7 Å². The van der Waals surface area contributed by atoms with Crippen LogP contribution in [0.4, 0.5) is 4.79 Å². The van der Waals surface area contributed by atoms with Gasteiger partial charge in [0, 0.05) is 31.2 Å². The van der Waals surface area contributed by atoms with Crippen LogP contribution in [-0.2, 0) is 16.0 Å². The predicted octanol–water partition coefficient (Wildman–Crippen LogP) is 4.99. The molecule has 2 rings (SSSR count). The summed E-state index contributed by atoms with van der Waals surface area (Å²) in [5, 5.41) is 0.512. The molecule has 1 aliphatic heterocycles. The van der Waals surface area contributed by atoms with Crippen molar-refractivity contribution in [3.05, 3.63) is 40.4 Å². The van der Waals surface area contributed by atoms with Crippen molar-refractivity contribution in [1.82, 2.24) is 9.80 Å². The fraction of sp³-hybridized carbons (Fsp3) is 0.565. The standard InChI is InChI=1S/C23H33ClN2O4/c1-7-16-12-17(21(27)29-8-2)13-20(24)19(16)15-26-11-9-10-18(14-26)25(6)22(28)30-23(3,4)5/h7,12-13,18H,1,8-11,14-15H2,2-6H3/t18-/m0/s1. The van der Waals surface area contributed by atoms with E-state index in [9.17, 15) is 9.59 Å². The van der Waals surface area contributed by atoms with Gasteiger partial charge < -0.3 is 14.4 Å². The van der Waals surface area contributed by atoms with Gasteiger partial charge in [0.15, 0.2) is 0 Å².